The summed E-state index contributed by atoms with van der Waals surface area (Å²) in [4.78, 5) is 32.3. The van der Waals surface area contributed by atoms with E-state index in [9.17, 15) is 28.2 Å². The van der Waals surface area contributed by atoms with E-state index >= 15 is 0 Å². The number of carbonyl (C=O) groups excluding carboxylic acids is 1. The van der Waals surface area contributed by atoms with E-state index in [4.69, 9.17) is 21.1 Å². The van der Waals surface area contributed by atoms with E-state index < -0.39 is 32.8 Å². The number of hydrogen-bond donors (Lipinski definition) is 3. The molecule has 14 heteroatoms. The molecule has 0 aromatic heterocycles. The van der Waals surface area contributed by atoms with Crippen LogP contribution in [0.15, 0.2) is 48.6 Å². The number of carboxylic acids is 1. The van der Waals surface area contributed by atoms with Gasteiger partial charge in [-0.3, -0.25) is 19.4 Å². The van der Waals surface area contributed by atoms with E-state index in [0.717, 1.165) is 55.9 Å². The first-order chi connectivity index (χ1) is 27.3. The number of nitrogens with zero attached hydrogens (tertiary/aromatic N) is 3. The summed E-state index contributed by atoms with van der Waals surface area (Å²) in [5.41, 5.74) is 2.55. The number of aliphatic carboxylic acids is 1. The van der Waals surface area contributed by atoms with Crippen LogP contribution in [0.4, 0.5) is 5.69 Å². The van der Waals surface area contributed by atoms with Gasteiger partial charge < -0.3 is 24.6 Å². The van der Waals surface area contributed by atoms with Gasteiger partial charge in [-0.2, -0.15) is 0 Å². The maximum absolute atomic E-state index is 13.7. The van der Waals surface area contributed by atoms with Crippen molar-refractivity contribution in [1.82, 2.24) is 14.5 Å². The lowest BCUT2D eigenvalue weighted by Crippen LogP contribution is -2.59. The van der Waals surface area contributed by atoms with Crippen LogP contribution in [0.2, 0.25) is 5.02 Å². The Kier molecular flexibility index (Phi) is 12.6. The summed E-state index contributed by atoms with van der Waals surface area (Å²) in [7, 11) is -2.23. The van der Waals surface area contributed by atoms with Crippen LogP contribution in [0.3, 0.4) is 0 Å². The Bertz CT molecular complexity index is 1940. The first kappa shape index (κ1) is 41.9. The highest BCUT2D eigenvalue weighted by atomic mass is 35.5. The molecule has 3 N–H and O–H groups in total. The summed E-state index contributed by atoms with van der Waals surface area (Å²) in [6, 6.07) is 11.2. The number of carboxylic acid groups (broad SMARTS) is 1. The number of halogens is 1. The zero-order chi connectivity index (χ0) is 40.5. The summed E-state index contributed by atoms with van der Waals surface area (Å²) in [6.45, 7) is 8.81. The van der Waals surface area contributed by atoms with E-state index in [-0.39, 0.29) is 47.8 Å². The third-order valence-corrected chi connectivity index (χ3v) is 16.0. The Hall–Kier alpha value is -3.20. The Morgan fingerprint density at radius 2 is 1.91 bits per heavy atom. The molecule has 3 aliphatic heterocycles. The number of sulfonamides is 1. The predicted molar refractivity (Wildman–Crippen MR) is 221 cm³/mol. The number of aliphatic hydroxyl groups is 1. The van der Waals surface area contributed by atoms with Gasteiger partial charge in [0.1, 0.15) is 11.4 Å². The topological polar surface area (TPSA) is 149 Å². The number of anilines is 1. The van der Waals surface area contributed by atoms with Crippen molar-refractivity contribution in [1.29, 1.82) is 0 Å². The second-order valence-electron chi connectivity index (χ2n) is 17.3. The Balaban J connectivity index is 1.24. The monoisotopic (exact) mass is 826 g/mol. The molecule has 2 fully saturated rings. The van der Waals surface area contributed by atoms with E-state index in [2.05, 4.69) is 43.7 Å². The number of aryl methyl sites for hydroxylation is 1. The highest BCUT2D eigenvalue weighted by Gasteiger charge is 2.50. The molecule has 7 atom stereocenters. The summed E-state index contributed by atoms with van der Waals surface area (Å²) in [6.07, 6.45) is 10.0. The van der Waals surface area contributed by atoms with Crippen LogP contribution in [-0.2, 0) is 31.4 Å². The van der Waals surface area contributed by atoms with Crippen molar-refractivity contribution in [2.75, 3.05) is 71.0 Å². The van der Waals surface area contributed by atoms with Gasteiger partial charge in [-0.15, -0.1) is 0 Å². The minimum atomic E-state index is -4.01. The van der Waals surface area contributed by atoms with Crippen molar-refractivity contribution in [3.8, 4) is 5.75 Å². The Morgan fingerprint density at radius 1 is 1.12 bits per heavy atom. The van der Waals surface area contributed by atoms with E-state index in [0.29, 0.717) is 57.9 Å². The summed E-state index contributed by atoms with van der Waals surface area (Å²) in [5, 5.41) is 19.1. The quantitative estimate of drug-likeness (QED) is 0.305. The number of rotatable bonds is 8. The Morgan fingerprint density at radius 3 is 2.61 bits per heavy atom. The fraction of sp³-hybridized carbons (Fsp3) is 0.628. The number of allylic oxidation sites excluding steroid dienone is 1. The molecule has 312 valence electrons. The van der Waals surface area contributed by atoms with E-state index in [1.165, 1.54) is 11.1 Å². The van der Waals surface area contributed by atoms with Crippen molar-refractivity contribution in [2.45, 2.75) is 87.5 Å². The molecule has 1 saturated carbocycles. The lowest BCUT2D eigenvalue weighted by Gasteiger charge is -2.52. The fourth-order valence-electron chi connectivity index (χ4n) is 10.2. The second-order valence-corrected chi connectivity index (χ2v) is 19.7. The normalized spacial score (nSPS) is 31.8. The SMILES string of the molecule is CO[C@@]1(CN2CCN([C@H](CCO)CC(=O)O)CC2)/C=C/C[C@H](C)[C@@H](C)S(=O)(=O)NC(=O)c2ccc3c(c2)N(C[C@@H]2CC[C@H]21)C[C@@]1(CCCc2cc(Cl)ccc21)CO3. The largest absolute Gasteiger partial charge is 0.490 e. The third-order valence-electron chi connectivity index (χ3n) is 13.9. The molecule has 2 aromatic carbocycles. The second kappa shape index (κ2) is 17.2. The van der Waals surface area contributed by atoms with Crippen molar-refractivity contribution in [3.05, 3.63) is 70.3 Å². The number of amides is 1. The summed E-state index contributed by atoms with van der Waals surface area (Å²) in [5.74, 6) is -0.724. The lowest BCUT2D eigenvalue weighted by atomic mass is 9.63. The number of aliphatic hydroxyl groups excluding tert-OH is 1. The minimum Gasteiger partial charge on any atom is -0.490 e. The van der Waals surface area contributed by atoms with E-state index in [1.54, 1.807) is 26.2 Å². The third kappa shape index (κ3) is 8.75. The molecule has 2 bridgehead atoms. The minimum absolute atomic E-state index is 0.00214. The van der Waals surface area contributed by atoms with Gasteiger partial charge in [-0.1, -0.05) is 36.7 Å². The summed E-state index contributed by atoms with van der Waals surface area (Å²) < 4.78 is 43.0. The van der Waals surface area contributed by atoms with Crippen molar-refractivity contribution >= 4 is 39.2 Å². The molecule has 3 heterocycles. The van der Waals surface area contributed by atoms with Crippen molar-refractivity contribution in [2.24, 2.45) is 17.8 Å². The predicted octanol–water partition coefficient (Wildman–Crippen LogP) is 5.11. The molecular weight excluding hydrogens is 768 g/mol. The molecule has 1 saturated heterocycles. The Labute approximate surface area is 342 Å². The molecule has 2 aromatic rings. The van der Waals surface area contributed by atoms with Crippen molar-refractivity contribution in [3.63, 3.8) is 0 Å². The zero-order valence-electron chi connectivity index (χ0n) is 33.5. The van der Waals surface area contributed by atoms with Crippen LogP contribution < -0.4 is 14.4 Å². The van der Waals surface area contributed by atoms with Gasteiger partial charge in [-0.05, 0) is 111 Å². The first-order valence-electron chi connectivity index (χ1n) is 20.6. The average Bonchev–Trinajstić information content (AvgIpc) is 3.32. The molecule has 2 aliphatic carbocycles. The smallest absolute Gasteiger partial charge is 0.304 e. The van der Waals surface area contributed by atoms with Crippen LogP contribution in [0.25, 0.3) is 0 Å². The molecule has 0 unspecified atom stereocenters. The van der Waals surface area contributed by atoms with Gasteiger partial charge in [0, 0.05) is 81.6 Å². The number of nitrogens with one attached hydrogen (secondary N) is 1. The standard InChI is InChI=1S/C43H59ClN4O8S/c1-29-6-4-16-43(55-3,27-46-17-19-47(20-18-46)35(14-21-49)24-40(50)51)37-11-8-33(37)25-48-26-42(15-5-7-31-22-34(44)10-12-36(31)42)28-56-39-13-9-32(23-38(39)48)41(52)45-57(53,54)30(29)2/h4,9-10,12-13,16,22-23,29-30,33,35,37,49H,5-8,11,14-15,17-21,24-28H2,1-3H3,(H,45,52)(H,50,51)/b16-4+/t29-,30+,33-,35+,37+,42-,43+/m0/s1. The number of benzene rings is 2. The molecule has 1 amide bonds. The highest BCUT2D eigenvalue weighted by Crippen LogP contribution is 2.49. The van der Waals surface area contributed by atoms with E-state index in [1.807, 2.05) is 19.1 Å². The maximum Gasteiger partial charge on any atom is 0.304 e. The van der Waals surface area contributed by atoms with Crippen LogP contribution in [0, 0.1) is 17.8 Å². The lowest BCUT2D eigenvalue weighted by molar-refractivity contribution is -0.138. The number of ether oxygens (including phenoxy) is 2. The summed E-state index contributed by atoms with van der Waals surface area (Å²) >= 11 is 6.50. The molecule has 12 nitrogen and oxygen atoms in total. The van der Waals surface area contributed by atoms with Gasteiger partial charge in [0.25, 0.3) is 5.91 Å². The zero-order valence-corrected chi connectivity index (χ0v) is 35.1. The van der Waals surface area contributed by atoms with Gasteiger partial charge >= 0.3 is 5.97 Å². The van der Waals surface area contributed by atoms with Crippen LogP contribution in [0.1, 0.15) is 80.3 Å². The highest BCUT2D eigenvalue weighted by molar-refractivity contribution is 7.90. The maximum atomic E-state index is 13.7. The molecule has 0 radical (unpaired) electrons. The van der Waals surface area contributed by atoms with Crippen LogP contribution in [0.5, 0.6) is 5.75 Å². The number of piperazine rings is 1. The molecule has 5 aliphatic rings. The number of methoxy groups -OCH3 is 1. The molecule has 57 heavy (non-hydrogen) atoms. The van der Waals surface area contributed by atoms with Crippen LogP contribution in [-0.4, -0.2) is 123 Å². The first-order valence-corrected chi connectivity index (χ1v) is 22.6. The molecule has 7 rings (SSSR count). The fourth-order valence-corrected chi connectivity index (χ4v) is 11.7. The van der Waals surface area contributed by atoms with Gasteiger partial charge in [0.2, 0.25) is 10.0 Å². The average molecular weight is 827 g/mol. The van der Waals surface area contributed by atoms with Gasteiger partial charge in [-0.25, -0.2) is 13.1 Å². The number of hydrogen-bond acceptors (Lipinski definition) is 10. The van der Waals surface area contributed by atoms with Gasteiger partial charge in [0.15, 0.2) is 0 Å². The van der Waals surface area contributed by atoms with Crippen molar-refractivity contribution < 1.29 is 37.7 Å². The van der Waals surface area contributed by atoms with Gasteiger partial charge in [0.05, 0.1) is 24.0 Å². The molecule has 1 spiro atoms. The number of fused-ring (bicyclic) bond motifs is 4. The van der Waals surface area contributed by atoms with Crippen LogP contribution >= 0.6 is 11.6 Å². The molecular formula is C43H59ClN4O8S. The number of carbonyl (C=O) groups is 2.